The van der Waals surface area contributed by atoms with Gasteiger partial charge in [0.1, 0.15) is 11.8 Å². The molecule has 4 rings (SSSR count). The summed E-state index contributed by atoms with van der Waals surface area (Å²) < 4.78 is 7.47. The maximum absolute atomic E-state index is 12.4. The molecular weight excluding hydrogens is 302 g/mol. The van der Waals surface area contributed by atoms with Crippen molar-refractivity contribution in [3.8, 4) is 11.3 Å². The van der Waals surface area contributed by atoms with Gasteiger partial charge in [-0.3, -0.25) is 4.79 Å². The number of nitrogens with zero attached hydrogens (tertiary/aromatic N) is 2. The van der Waals surface area contributed by atoms with Gasteiger partial charge in [0.15, 0.2) is 0 Å². The summed E-state index contributed by atoms with van der Waals surface area (Å²) >= 11 is 0. The van der Waals surface area contributed by atoms with Gasteiger partial charge < -0.3 is 14.5 Å². The monoisotopic (exact) mass is 321 g/mol. The van der Waals surface area contributed by atoms with Crippen LogP contribution in [-0.2, 0) is 9.53 Å². The van der Waals surface area contributed by atoms with E-state index in [1.807, 2.05) is 60.1 Å². The van der Waals surface area contributed by atoms with E-state index >= 15 is 0 Å². The summed E-state index contributed by atoms with van der Waals surface area (Å²) in [6.07, 6.45) is 5.33. The molecule has 24 heavy (non-hydrogen) atoms. The number of benzene rings is 1. The highest BCUT2D eigenvalue weighted by molar-refractivity contribution is 5.97. The zero-order valence-corrected chi connectivity index (χ0v) is 13.5. The lowest BCUT2D eigenvalue weighted by Gasteiger charge is -2.13. The summed E-state index contributed by atoms with van der Waals surface area (Å²) in [5.41, 5.74) is 4.55. The van der Waals surface area contributed by atoms with Crippen molar-refractivity contribution in [3.05, 3.63) is 54.4 Å². The molecule has 3 heterocycles. The van der Waals surface area contributed by atoms with Crippen LogP contribution in [0.15, 0.2) is 48.8 Å². The molecule has 0 bridgehead atoms. The second-order valence-electron chi connectivity index (χ2n) is 6.08. The van der Waals surface area contributed by atoms with Gasteiger partial charge >= 0.3 is 0 Å². The summed E-state index contributed by atoms with van der Waals surface area (Å²) in [6.45, 7) is 2.70. The molecule has 0 aliphatic carbocycles. The third-order valence-corrected chi connectivity index (χ3v) is 4.36. The summed E-state index contributed by atoms with van der Waals surface area (Å²) in [7, 11) is 0. The molecule has 1 aliphatic rings. The van der Waals surface area contributed by atoms with E-state index in [2.05, 4.69) is 5.32 Å². The number of para-hydroxylation sites is 1. The Labute approximate surface area is 140 Å². The highest BCUT2D eigenvalue weighted by atomic mass is 16.5. The largest absolute Gasteiger partial charge is 0.368 e. The predicted octanol–water partition coefficient (Wildman–Crippen LogP) is 3.43. The van der Waals surface area contributed by atoms with Crippen LogP contribution in [-0.4, -0.2) is 28.0 Å². The number of hydrogen-bond acceptors (Lipinski definition) is 3. The lowest BCUT2D eigenvalue weighted by atomic mass is 10.1. The topological polar surface area (TPSA) is 55.6 Å². The zero-order chi connectivity index (χ0) is 16.5. The first-order valence-corrected chi connectivity index (χ1v) is 8.18. The Morgan fingerprint density at radius 3 is 2.96 bits per heavy atom. The fraction of sp³-hybridized carbons (Fsp3) is 0.263. The molecule has 1 amide bonds. The number of nitrogens with one attached hydrogen (secondary N) is 1. The van der Waals surface area contributed by atoms with Crippen LogP contribution < -0.4 is 5.32 Å². The fourth-order valence-corrected chi connectivity index (χ4v) is 3.10. The molecule has 5 heteroatoms. The Bertz CT molecular complexity index is 895. The summed E-state index contributed by atoms with van der Waals surface area (Å²) in [5, 5.41) is 3.00. The number of aromatic nitrogens is 2. The van der Waals surface area contributed by atoms with Crippen molar-refractivity contribution in [3.63, 3.8) is 0 Å². The van der Waals surface area contributed by atoms with E-state index in [1.54, 1.807) is 0 Å². The van der Waals surface area contributed by atoms with Crippen LogP contribution in [0, 0.1) is 6.92 Å². The number of aryl methyl sites for hydroxylation is 1. The van der Waals surface area contributed by atoms with E-state index in [9.17, 15) is 4.79 Å². The molecule has 5 nitrogen and oxygen atoms in total. The van der Waals surface area contributed by atoms with E-state index in [4.69, 9.17) is 9.72 Å². The molecule has 1 saturated heterocycles. The normalized spacial score (nSPS) is 17.3. The van der Waals surface area contributed by atoms with Gasteiger partial charge in [0.25, 0.3) is 5.91 Å². The van der Waals surface area contributed by atoms with Gasteiger partial charge in [0.2, 0.25) is 0 Å². The minimum absolute atomic E-state index is 0.0834. The molecule has 0 spiro atoms. The predicted molar refractivity (Wildman–Crippen MR) is 93.0 cm³/mol. The number of imidazole rings is 1. The van der Waals surface area contributed by atoms with Gasteiger partial charge in [-0.2, -0.15) is 0 Å². The number of ether oxygens (including phenoxy) is 1. The third-order valence-electron chi connectivity index (χ3n) is 4.36. The smallest absolute Gasteiger partial charge is 0.253 e. The average molecular weight is 321 g/mol. The quantitative estimate of drug-likeness (QED) is 0.804. The Kier molecular flexibility index (Phi) is 3.78. The second-order valence-corrected chi connectivity index (χ2v) is 6.08. The molecule has 1 atom stereocenters. The first kappa shape index (κ1) is 14.9. The van der Waals surface area contributed by atoms with Gasteiger partial charge in [0, 0.05) is 24.6 Å². The Morgan fingerprint density at radius 2 is 2.17 bits per heavy atom. The van der Waals surface area contributed by atoms with Crippen LogP contribution in [0.25, 0.3) is 16.9 Å². The summed E-state index contributed by atoms with van der Waals surface area (Å²) in [5.74, 6) is -0.0834. The standard InChI is InChI=1S/C19H19N3O2/c1-13-6-4-10-22-12-16(20-18(13)22)14-7-2-3-8-15(14)21-19(23)17-9-5-11-24-17/h2-4,6-8,10,12,17H,5,9,11H2,1H3,(H,21,23). The van der Waals surface area contributed by atoms with Crippen molar-refractivity contribution in [2.45, 2.75) is 25.9 Å². The Balaban J connectivity index is 1.69. The number of anilines is 1. The number of hydrogen-bond donors (Lipinski definition) is 1. The van der Waals surface area contributed by atoms with Crippen molar-refractivity contribution < 1.29 is 9.53 Å². The van der Waals surface area contributed by atoms with E-state index in [0.29, 0.717) is 6.61 Å². The fourth-order valence-electron chi connectivity index (χ4n) is 3.10. The van der Waals surface area contributed by atoms with Gasteiger partial charge in [0.05, 0.1) is 11.4 Å². The molecular formula is C19H19N3O2. The number of carbonyl (C=O) groups is 1. The molecule has 3 aromatic rings. The number of amides is 1. The van der Waals surface area contributed by atoms with Crippen LogP contribution in [0.1, 0.15) is 18.4 Å². The molecule has 1 aromatic carbocycles. The molecule has 1 N–H and O–H groups in total. The van der Waals surface area contributed by atoms with E-state index in [1.165, 1.54) is 0 Å². The lowest BCUT2D eigenvalue weighted by Crippen LogP contribution is -2.27. The molecule has 1 unspecified atom stereocenters. The highest BCUT2D eigenvalue weighted by Crippen LogP contribution is 2.28. The SMILES string of the molecule is Cc1cccn2cc(-c3ccccc3NC(=O)C3CCCO3)nc12. The average Bonchev–Trinajstić information content (AvgIpc) is 3.26. The first-order chi connectivity index (χ1) is 11.7. The van der Waals surface area contributed by atoms with Crippen LogP contribution in [0.3, 0.4) is 0 Å². The van der Waals surface area contributed by atoms with E-state index in [-0.39, 0.29) is 12.0 Å². The van der Waals surface area contributed by atoms with Crippen molar-refractivity contribution in [2.24, 2.45) is 0 Å². The van der Waals surface area contributed by atoms with Crippen molar-refractivity contribution in [1.29, 1.82) is 0 Å². The third kappa shape index (κ3) is 2.67. The minimum Gasteiger partial charge on any atom is -0.368 e. The van der Waals surface area contributed by atoms with Gasteiger partial charge in [-0.05, 0) is 37.5 Å². The summed E-state index contributed by atoms with van der Waals surface area (Å²) in [4.78, 5) is 17.1. The molecule has 1 aliphatic heterocycles. The molecule has 1 fully saturated rings. The lowest BCUT2D eigenvalue weighted by molar-refractivity contribution is -0.124. The summed E-state index contributed by atoms with van der Waals surface area (Å²) in [6, 6.07) is 11.8. The van der Waals surface area contributed by atoms with E-state index < -0.39 is 0 Å². The van der Waals surface area contributed by atoms with Crippen LogP contribution in [0.2, 0.25) is 0 Å². The van der Waals surface area contributed by atoms with Crippen molar-refractivity contribution in [1.82, 2.24) is 9.38 Å². The number of rotatable bonds is 3. The maximum atomic E-state index is 12.4. The number of carbonyl (C=O) groups excluding carboxylic acids is 1. The molecule has 0 radical (unpaired) electrons. The van der Waals surface area contributed by atoms with Crippen LogP contribution >= 0.6 is 0 Å². The van der Waals surface area contributed by atoms with Crippen LogP contribution in [0.5, 0.6) is 0 Å². The maximum Gasteiger partial charge on any atom is 0.253 e. The first-order valence-electron chi connectivity index (χ1n) is 8.18. The highest BCUT2D eigenvalue weighted by Gasteiger charge is 2.24. The number of pyridine rings is 1. The van der Waals surface area contributed by atoms with Crippen molar-refractivity contribution >= 4 is 17.2 Å². The minimum atomic E-state index is -0.346. The molecule has 122 valence electrons. The van der Waals surface area contributed by atoms with Crippen LogP contribution in [0.4, 0.5) is 5.69 Å². The number of fused-ring (bicyclic) bond motifs is 1. The van der Waals surface area contributed by atoms with Gasteiger partial charge in [-0.25, -0.2) is 4.98 Å². The van der Waals surface area contributed by atoms with Gasteiger partial charge in [-0.1, -0.05) is 24.3 Å². The van der Waals surface area contributed by atoms with Gasteiger partial charge in [-0.15, -0.1) is 0 Å². The second kappa shape index (κ2) is 6.09. The Hall–Kier alpha value is -2.66. The Morgan fingerprint density at radius 1 is 1.29 bits per heavy atom. The van der Waals surface area contributed by atoms with Crippen molar-refractivity contribution in [2.75, 3.05) is 11.9 Å². The molecule has 2 aromatic heterocycles. The zero-order valence-electron chi connectivity index (χ0n) is 13.5. The van der Waals surface area contributed by atoms with E-state index in [0.717, 1.165) is 41.0 Å². The molecule has 0 saturated carbocycles.